The normalized spacial score (nSPS) is 10.5. The molecule has 0 unspecified atom stereocenters. The summed E-state index contributed by atoms with van der Waals surface area (Å²) in [5.74, 6) is -0.0453. The predicted molar refractivity (Wildman–Crippen MR) is 64.6 cm³/mol. The summed E-state index contributed by atoms with van der Waals surface area (Å²) in [7, 11) is 0. The van der Waals surface area contributed by atoms with Crippen LogP contribution in [0, 0.1) is 6.92 Å². The molecule has 0 aromatic heterocycles. The second kappa shape index (κ2) is 6.28. The summed E-state index contributed by atoms with van der Waals surface area (Å²) in [5.41, 5.74) is 1.79. The SMILES string of the molecule is Cc1cccc(C(=O)NCCOC(C)C)c1. The fraction of sp³-hybridized carbons (Fsp3) is 0.462. The summed E-state index contributed by atoms with van der Waals surface area (Å²) in [6.07, 6.45) is 0.205. The molecule has 0 aliphatic rings. The number of amides is 1. The van der Waals surface area contributed by atoms with Gasteiger partial charge in [0.1, 0.15) is 0 Å². The van der Waals surface area contributed by atoms with Gasteiger partial charge in [-0.3, -0.25) is 4.79 Å². The van der Waals surface area contributed by atoms with Gasteiger partial charge in [-0.25, -0.2) is 0 Å². The van der Waals surface area contributed by atoms with Gasteiger partial charge in [-0.05, 0) is 32.9 Å². The van der Waals surface area contributed by atoms with Gasteiger partial charge in [0.05, 0.1) is 12.7 Å². The van der Waals surface area contributed by atoms with Crippen molar-refractivity contribution in [3.05, 3.63) is 35.4 Å². The van der Waals surface area contributed by atoms with Crippen LogP contribution in [-0.4, -0.2) is 25.2 Å². The van der Waals surface area contributed by atoms with Crippen molar-refractivity contribution < 1.29 is 9.53 Å². The topological polar surface area (TPSA) is 38.3 Å². The average Bonchev–Trinajstić information content (AvgIpc) is 2.24. The van der Waals surface area contributed by atoms with Gasteiger partial charge in [-0.15, -0.1) is 0 Å². The molecular formula is C13H19NO2. The number of ether oxygens (including phenoxy) is 1. The third-order valence-electron chi connectivity index (χ3n) is 2.12. The molecule has 88 valence electrons. The van der Waals surface area contributed by atoms with Crippen molar-refractivity contribution in [2.75, 3.05) is 13.2 Å². The molecule has 0 aliphatic heterocycles. The van der Waals surface area contributed by atoms with Crippen LogP contribution in [0.15, 0.2) is 24.3 Å². The van der Waals surface area contributed by atoms with Gasteiger partial charge in [0.15, 0.2) is 0 Å². The van der Waals surface area contributed by atoms with E-state index in [1.54, 1.807) is 0 Å². The van der Waals surface area contributed by atoms with E-state index in [0.717, 1.165) is 5.56 Å². The smallest absolute Gasteiger partial charge is 0.251 e. The highest BCUT2D eigenvalue weighted by molar-refractivity contribution is 5.94. The van der Waals surface area contributed by atoms with Gasteiger partial charge in [0.2, 0.25) is 0 Å². The summed E-state index contributed by atoms with van der Waals surface area (Å²) in [4.78, 5) is 11.7. The molecular weight excluding hydrogens is 202 g/mol. The molecule has 0 bridgehead atoms. The maximum Gasteiger partial charge on any atom is 0.251 e. The van der Waals surface area contributed by atoms with Crippen LogP contribution in [0.2, 0.25) is 0 Å². The maximum atomic E-state index is 11.7. The fourth-order valence-corrected chi connectivity index (χ4v) is 1.35. The van der Waals surface area contributed by atoms with Crippen LogP contribution in [0.1, 0.15) is 29.8 Å². The number of carbonyl (C=O) groups is 1. The minimum Gasteiger partial charge on any atom is -0.377 e. The molecule has 0 aliphatic carbocycles. The zero-order valence-electron chi connectivity index (χ0n) is 10.1. The molecule has 1 aromatic rings. The third kappa shape index (κ3) is 4.45. The summed E-state index contributed by atoms with van der Waals surface area (Å²) >= 11 is 0. The fourth-order valence-electron chi connectivity index (χ4n) is 1.35. The quantitative estimate of drug-likeness (QED) is 0.774. The Morgan fingerprint density at radius 1 is 1.44 bits per heavy atom. The Bertz CT molecular complexity index is 348. The standard InChI is InChI=1S/C13H19NO2/c1-10(2)16-8-7-14-13(15)12-6-4-5-11(3)9-12/h4-6,9-10H,7-8H2,1-3H3,(H,14,15). The Labute approximate surface area is 96.8 Å². The minimum absolute atomic E-state index is 0.0453. The number of hydrogen-bond donors (Lipinski definition) is 1. The first-order valence-corrected chi connectivity index (χ1v) is 5.56. The van der Waals surface area contributed by atoms with Gasteiger partial charge >= 0.3 is 0 Å². The molecule has 1 rings (SSSR count). The van der Waals surface area contributed by atoms with E-state index in [9.17, 15) is 4.79 Å². The van der Waals surface area contributed by atoms with Gasteiger partial charge in [-0.1, -0.05) is 17.7 Å². The van der Waals surface area contributed by atoms with E-state index in [4.69, 9.17) is 4.74 Å². The van der Waals surface area contributed by atoms with Crippen molar-refractivity contribution in [3.63, 3.8) is 0 Å². The molecule has 0 radical (unpaired) electrons. The van der Waals surface area contributed by atoms with E-state index in [1.807, 2.05) is 45.0 Å². The molecule has 0 fully saturated rings. The molecule has 0 spiro atoms. The highest BCUT2D eigenvalue weighted by Crippen LogP contribution is 2.03. The van der Waals surface area contributed by atoms with Crippen LogP contribution in [0.25, 0.3) is 0 Å². The van der Waals surface area contributed by atoms with Gasteiger partial charge in [0.25, 0.3) is 5.91 Å². The first kappa shape index (κ1) is 12.7. The second-order valence-corrected chi connectivity index (χ2v) is 4.04. The van der Waals surface area contributed by atoms with Crippen LogP contribution in [0.3, 0.4) is 0 Å². The summed E-state index contributed by atoms with van der Waals surface area (Å²) in [5, 5.41) is 2.82. The van der Waals surface area contributed by atoms with Crippen LogP contribution in [0.5, 0.6) is 0 Å². The molecule has 3 nitrogen and oxygen atoms in total. The molecule has 1 N–H and O–H groups in total. The first-order chi connectivity index (χ1) is 7.59. The molecule has 3 heteroatoms. The Morgan fingerprint density at radius 3 is 2.81 bits per heavy atom. The lowest BCUT2D eigenvalue weighted by Gasteiger charge is -2.08. The van der Waals surface area contributed by atoms with Crippen molar-refractivity contribution in [1.82, 2.24) is 5.32 Å². The maximum absolute atomic E-state index is 11.7. The van der Waals surface area contributed by atoms with Gasteiger partial charge in [-0.2, -0.15) is 0 Å². The van der Waals surface area contributed by atoms with Crippen molar-refractivity contribution in [1.29, 1.82) is 0 Å². The molecule has 1 aromatic carbocycles. The molecule has 0 saturated carbocycles. The van der Waals surface area contributed by atoms with Crippen LogP contribution in [0.4, 0.5) is 0 Å². The Kier molecular flexibility index (Phi) is 4.99. The number of carbonyl (C=O) groups excluding carboxylic acids is 1. The number of aryl methyl sites for hydroxylation is 1. The number of rotatable bonds is 5. The zero-order chi connectivity index (χ0) is 12.0. The number of hydrogen-bond acceptors (Lipinski definition) is 2. The van der Waals surface area contributed by atoms with Crippen LogP contribution < -0.4 is 5.32 Å². The van der Waals surface area contributed by atoms with E-state index < -0.39 is 0 Å². The van der Waals surface area contributed by atoms with E-state index in [1.165, 1.54) is 0 Å². The molecule has 0 heterocycles. The van der Waals surface area contributed by atoms with E-state index in [-0.39, 0.29) is 12.0 Å². The van der Waals surface area contributed by atoms with E-state index in [2.05, 4.69) is 5.32 Å². The highest BCUT2D eigenvalue weighted by Gasteiger charge is 2.04. The average molecular weight is 221 g/mol. The predicted octanol–water partition coefficient (Wildman–Crippen LogP) is 2.15. The minimum atomic E-state index is -0.0453. The van der Waals surface area contributed by atoms with Crippen molar-refractivity contribution in [2.45, 2.75) is 26.9 Å². The lowest BCUT2D eigenvalue weighted by atomic mass is 10.1. The Balaban J connectivity index is 2.35. The first-order valence-electron chi connectivity index (χ1n) is 5.56. The third-order valence-corrected chi connectivity index (χ3v) is 2.12. The lowest BCUT2D eigenvalue weighted by molar-refractivity contribution is 0.0746. The second-order valence-electron chi connectivity index (χ2n) is 4.04. The largest absolute Gasteiger partial charge is 0.377 e. The monoisotopic (exact) mass is 221 g/mol. The van der Waals surface area contributed by atoms with Gasteiger partial charge < -0.3 is 10.1 Å². The van der Waals surface area contributed by atoms with Crippen LogP contribution >= 0.6 is 0 Å². The molecule has 0 atom stereocenters. The number of benzene rings is 1. The summed E-state index contributed by atoms with van der Waals surface area (Å²) < 4.78 is 5.34. The van der Waals surface area contributed by atoms with Crippen LogP contribution in [-0.2, 0) is 4.74 Å². The van der Waals surface area contributed by atoms with E-state index in [0.29, 0.717) is 18.7 Å². The van der Waals surface area contributed by atoms with Crippen molar-refractivity contribution >= 4 is 5.91 Å². The van der Waals surface area contributed by atoms with E-state index >= 15 is 0 Å². The Morgan fingerprint density at radius 2 is 2.19 bits per heavy atom. The highest BCUT2D eigenvalue weighted by atomic mass is 16.5. The van der Waals surface area contributed by atoms with Crippen molar-refractivity contribution in [3.8, 4) is 0 Å². The summed E-state index contributed by atoms with van der Waals surface area (Å²) in [6, 6.07) is 7.54. The van der Waals surface area contributed by atoms with Gasteiger partial charge in [0, 0.05) is 12.1 Å². The van der Waals surface area contributed by atoms with Crippen molar-refractivity contribution in [2.24, 2.45) is 0 Å². The Hall–Kier alpha value is -1.35. The zero-order valence-corrected chi connectivity index (χ0v) is 10.1. The molecule has 16 heavy (non-hydrogen) atoms. The molecule has 0 saturated heterocycles. The summed E-state index contributed by atoms with van der Waals surface area (Å²) in [6.45, 7) is 7.02. The number of nitrogens with one attached hydrogen (secondary N) is 1. The molecule has 1 amide bonds. The lowest BCUT2D eigenvalue weighted by Crippen LogP contribution is -2.28.